The van der Waals surface area contributed by atoms with Gasteiger partial charge in [0.25, 0.3) is 0 Å². The van der Waals surface area contributed by atoms with Crippen molar-refractivity contribution in [2.75, 3.05) is 0 Å². The molecule has 0 aromatic rings. The Labute approximate surface area is 71.7 Å². The molecule has 44 valence electrons. The first-order valence-corrected chi connectivity index (χ1v) is 31.3. The van der Waals surface area contributed by atoms with Gasteiger partial charge in [0.2, 0.25) is 0 Å². The van der Waals surface area contributed by atoms with Crippen molar-refractivity contribution in [3.8, 4) is 0 Å². The van der Waals surface area contributed by atoms with Crippen LogP contribution < -0.4 is 0 Å². The molecule has 0 aromatic heterocycles. The summed E-state index contributed by atoms with van der Waals surface area (Å²) in [6.45, 7) is 0. The second kappa shape index (κ2) is 3.56. The second-order valence-corrected chi connectivity index (χ2v) is 159. The maximum atomic E-state index is 2.55. The molecule has 0 nitrogen and oxygen atoms in total. The van der Waals surface area contributed by atoms with E-state index in [4.69, 9.17) is 0 Å². The Morgan fingerprint density at radius 2 is 0.667 bits per heavy atom. The van der Waals surface area contributed by atoms with Gasteiger partial charge >= 0.3 is 76.2 Å². The van der Waals surface area contributed by atoms with Gasteiger partial charge < -0.3 is 0 Å². The van der Waals surface area contributed by atoms with Gasteiger partial charge in [-0.2, -0.15) is 0 Å². The Balaban J connectivity index is 3.73. The Bertz CT molecular complexity index is 37.1. The molecule has 0 unspecified atom stereocenters. The molecule has 0 aliphatic rings. The fourth-order valence-corrected chi connectivity index (χ4v) is 0. The van der Waals surface area contributed by atoms with Gasteiger partial charge in [-0.1, -0.05) is 0 Å². The van der Waals surface area contributed by atoms with Crippen molar-refractivity contribution in [2.24, 2.45) is 0 Å². The van der Waals surface area contributed by atoms with Crippen molar-refractivity contribution in [1.82, 2.24) is 0 Å². The number of hydrogen-bond acceptors (Lipinski definition) is 0. The monoisotopic (exact) mass is 793 g/mol. The third-order valence-corrected chi connectivity index (χ3v) is 0. The second-order valence-electron chi connectivity index (χ2n) is 0.476. The molecular weight excluding hydrogens is 793 g/mol. The molecule has 0 fully saturated rings. The van der Waals surface area contributed by atoms with E-state index in [1.807, 2.05) is 0 Å². The molecule has 0 bridgehead atoms. The Morgan fingerprint density at radius 3 is 0.667 bits per heavy atom. The van der Waals surface area contributed by atoms with Crippen LogP contribution in [0.25, 0.3) is 0 Å². The van der Waals surface area contributed by atoms with Gasteiger partial charge in [-0.05, 0) is 0 Å². The summed E-state index contributed by atoms with van der Waals surface area (Å²) in [7, 11) is 0. The third-order valence-electron chi connectivity index (χ3n) is 0. The van der Waals surface area contributed by atoms with Crippen LogP contribution in [0.5, 0.6) is 0 Å². The molecule has 6 heteroatoms. The normalized spacial score (nSPS) is 19.2. The summed E-state index contributed by atoms with van der Waals surface area (Å²) in [5, 5.41) is 0. The van der Waals surface area contributed by atoms with Crippen molar-refractivity contribution in [3.05, 3.63) is 0 Å². The van der Waals surface area contributed by atoms with Crippen LogP contribution >= 0.6 is 73.8 Å². The molecule has 0 amide bonds. The van der Waals surface area contributed by atoms with Gasteiger partial charge in [-0.25, -0.2) is 0 Å². The van der Waals surface area contributed by atoms with Gasteiger partial charge in [-0.3, -0.25) is 0 Å². The zero-order valence-corrected chi connectivity index (χ0v) is 15.1. The van der Waals surface area contributed by atoms with Gasteiger partial charge in [0, 0.05) is 0 Å². The molecule has 0 saturated carbocycles. The third kappa shape index (κ3) is 23.1. The number of halogens is 5. The van der Waals surface area contributed by atoms with E-state index < -0.39 is 2.33 Å². The van der Waals surface area contributed by atoms with E-state index in [0.29, 0.717) is 0 Å². The van der Waals surface area contributed by atoms with E-state index in [9.17, 15) is 0 Å². The van der Waals surface area contributed by atoms with Crippen LogP contribution in [-0.4, -0.2) is 0 Å². The quantitative estimate of drug-likeness (QED) is 0.319. The van der Waals surface area contributed by atoms with Crippen LogP contribution in [0.4, 0.5) is 0 Å². The fraction of sp³-hybridized carbons (Fsp3) is 0. The summed E-state index contributed by atoms with van der Waals surface area (Å²) in [6.07, 6.45) is 0. The summed E-state index contributed by atoms with van der Waals surface area (Å²) >= 11 is 12.8. The van der Waals surface area contributed by atoms with E-state index in [-0.39, 0.29) is 0 Å². The first kappa shape index (κ1) is 10.9. The van der Waals surface area contributed by atoms with Gasteiger partial charge in [0.1, 0.15) is 0 Å². The first-order chi connectivity index (χ1) is 2.24. The van der Waals surface area contributed by atoms with E-state index in [1.165, 1.54) is 0 Å². The fourth-order valence-electron chi connectivity index (χ4n) is 0. The van der Waals surface area contributed by atoms with Crippen LogP contribution in [-0.2, 0) is 0 Å². The number of hydrogen-bond donors (Lipinski definition) is 0. The topological polar surface area (TPSA) is 0 Å². The van der Waals surface area contributed by atoms with E-state index >= 15 is 0 Å². The van der Waals surface area contributed by atoms with Crippen molar-refractivity contribution < 1.29 is 2.33 Å². The Kier molecular flexibility index (Phi) is 6.48. The van der Waals surface area contributed by atoms with Crippen LogP contribution in [0.1, 0.15) is 0 Å². The minimum absolute atomic E-state index is 1.75. The summed E-state index contributed by atoms with van der Waals surface area (Å²) in [4.78, 5) is 0. The summed E-state index contributed by atoms with van der Waals surface area (Å²) < 4.78 is -1.75. The van der Waals surface area contributed by atoms with Crippen molar-refractivity contribution >= 4 is 73.8 Å². The SMILES string of the molecule is [I][Tb]([I])([I])([I])[I]. The van der Waals surface area contributed by atoms with E-state index in [1.54, 1.807) is 0 Å². The zero-order chi connectivity index (χ0) is 5.45. The van der Waals surface area contributed by atoms with E-state index in [2.05, 4.69) is 73.8 Å². The molecule has 6 heavy (non-hydrogen) atoms. The van der Waals surface area contributed by atoms with Gasteiger partial charge in [0.15, 0.2) is 0 Å². The van der Waals surface area contributed by atoms with Crippen LogP contribution in [0.2, 0.25) is 0 Å². The van der Waals surface area contributed by atoms with E-state index in [0.717, 1.165) is 0 Å². The van der Waals surface area contributed by atoms with Crippen molar-refractivity contribution in [2.45, 2.75) is 0 Å². The zero-order valence-electron chi connectivity index (χ0n) is 2.22. The molecule has 0 saturated heterocycles. The van der Waals surface area contributed by atoms with Crippen LogP contribution in [0.3, 0.4) is 0 Å². The molecule has 0 N–H and O–H groups in total. The van der Waals surface area contributed by atoms with Gasteiger partial charge in [0.05, 0.1) is 0 Å². The Morgan fingerprint density at radius 1 is 0.667 bits per heavy atom. The predicted octanol–water partition coefficient (Wildman–Crippen LogP) is 4.43. The molecule has 0 atom stereocenters. The van der Waals surface area contributed by atoms with Gasteiger partial charge in [-0.15, -0.1) is 0 Å². The molecule has 0 aliphatic carbocycles. The minimum atomic E-state index is -1.75. The molecule has 0 aliphatic heterocycles. The first-order valence-electron chi connectivity index (χ1n) is 0.630. The molecule has 0 spiro atoms. The predicted molar refractivity (Wildman–Crippen MR) is 70.1 cm³/mol. The van der Waals surface area contributed by atoms with Crippen LogP contribution in [0.15, 0.2) is 0 Å². The average molecular weight is 793 g/mol. The standard InChI is InChI=1S/5HI.Tb/h5*1H;/q;;;;;+5/p-5. The molecule has 0 radical (unpaired) electrons. The maximum absolute atomic E-state index is 2.55. The average Bonchev–Trinajstić information content (AvgIpc) is 0.650. The number of rotatable bonds is 0. The molecule has 0 aromatic carbocycles. The molecule has 0 heterocycles. The summed E-state index contributed by atoms with van der Waals surface area (Å²) in [5.41, 5.74) is 0. The van der Waals surface area contributed by atoms with Crippen molar-refractivity contribution in [1.29, 1.82) is 0 Å². The summed E-state index contributed by atoms with van der Waals surface area (Å²) in [5.74, 6) is 0. The molecule has 0 rings (SSSR count). The summed E-state index contributed by atoms with van der Waals surface area (Å²) in [6, 6.07) is 0. The van der Waals surface area contributed by atoms with Crippen molar-refractivity contribution in [3.63, 3.8) is 0 Å². The molecular formula is I5Tb. The van der Waals surface area contributed by atoms with Crippen LogP contribution in [0, 0.1) is 2.33 Å². The Hall–Kier alpha value is 4.94.